The van der Waals surface area contributed by atoms with Crippen LogP contribution in [0.5, 0.6) is 0 Å². The summed E-state index contributed by atoms with van der Waals surface area (Å²) in [6.07, 6.45) is 7.15. The molecule has 0 unspecified atom stereocenters. The average molecular weight is 430 g/mol. The molecule has 0 amide bonds. The zero-order valence-corrected chi connectivity index (χ0v) is 17.0. The van der Waals surface area contributed by atoms with Crippen molar-refractivity contribution in [2.24, 2.45) is 0 Å². The molecule has 32 heavy (non-hydrogen) atoms. The van der Waals surface area contributed by atoms with Crippen LogP contribution in [0.15, 0.2) is 97.6 Å². The number of hydrogen-bond acceptors (Lipinski definition) is 6. The number of benzene rings is 2. The number of carboxylic acid groups (broad SMARTS) is 2. The molecule has 0 fully saturated rings. The van der Waals surface area contributed by atoms with Crippen LogP contribution in [0.3, 0.4) is 0 Å². The monoisotopic (exact) mass is 430 g/mol. The van der Waals surface area contributed by atoms with Crippen LogP contribution >= 0.6 is 0 Å². The van der Waals surface area contributed by atoms with Gasteiger partial charge in [-0.05, 0) is 59.7 Å². The van der Waals surface area contributed by atoms with E-state index in [-0.39, 0.29) is 11.1 Å². The third kappa shape index (κ3) is 7.27. The molecule has 8 heteroatoms. The van der Waals surface area contributed by atoms with E-state index in [0.29, 0.717) is 11.4 Å². The largest absolute Gasteiger partial charge is 0.478 e. The smallest absolute Gasteiger partial charge is 0.337 e. The van der Waals surface area contributed by atoms with Crippen molar-refractivity contribution in [1.82, 2.24) is 9.97 Å². The standard InChI is InChI=1S/C10H8N2.2C7H7NO2/c1-5-11-6-2-9(1)10-3-7-12-8-4-10;2*8-6-4-2-1-3-5(6)7(9)10/h1-8H;2*1-4H,8H2,(H,9,10). The lowest BCUT2D eigenvalue weighted by molar-refractivity contribution is 0.0687. The second kappa shape index (κ2) is 12.1. The number of rotatable bonds is 3. The Morgan fingerprint density at radius 3 is 1.12 bits per heavy atom. The van der Waals surface area contributed by atoms with E-state index in [1.165, 1.54) is 23.3 Å². The average Bonchev–Trinajstić information content (AvgIpc) is 2.81. The summed E-state index contributed by atoms with van der Waals surface area (Å²) >= 11 is 0. The van der Waals surface area contributed by atoms with Crippen LogP contribution in [0.1, 0.15) is 20.7 Å². The third-order valence-electron chi connectivity index (χ3n) is 4.08. The maximum Gasteiger partial charge on any atom is 0.337 e. The number of para-hydroxylation sites is 2. The Labute approximate surface area is 184 Å². The summed E-state index contributed by atoms with van der Waals surface area (Å²) in [5.41, 5.74) is 13.9. The Balaban J connectivity index is 0.000000171. The van der Waals surface area contributed by atoms with Crippen LogP contribution in [0.2, 0.25) is 0 Å². The van der Waals surface area contributed by atoms with E-state index >= 15 is 0 Å². The van der Waals surface area contributed by atoms with Gasteiger partial charge in [0, 0.05) is 36.2 Å². The molecule has 8 nitrogen and oxygen atoms in total. The number of carboxylic acids is 2. The summed E-state index contributed by atoms with van der Waals surface area (Å²) in [5.74, 6) is -1.98. The molecule has 0 bridgehead atoms. The number of pyridine rings is 2. The van der Waals surface area contributed by atoms with E-state index in [2.05, 4.69) is 9.97 Å². The molecule has 0 atom stereocenters. The van der Waals surface area contributed by atoms with Crippen molar-refractivity contribution in [3.8, 4) is 11.1 Å². The highest BCUT2D eigenvalue weighted by Crippen LogP contribution is 2.15. The van der Waals surface area contributed by atoms with E-state index < -0.39 is 11.9 Å². The van der Waals surface area contributed by atoms with Crippen molar-refractivity contribution in [3.63, 3.8) is 0 Å². The first-order chi connectivity index (χ1) is 15.4. The quantitative estimate of drug-likeness (QED) is 0.355. The zero-order valence-electron chi connectivity index (χ0n) is 17.0. The molecule has 2 aromatic carbocycles. The highest BCUT2D eigenvalue weighted by atomic mass is 16.4. The lowest BCUT2D eigenvalue weighted by Gasteiger charge is -1.97. The molecule has 0 radical (unpaired) electrons. The van der Waals surface area contributed by atoms with Crippen molar-refractivity contribution in [2.75, 3.05) is 11.5 Å². The van der Waals surface area contributed by atoms with Gasteiger partial charge in [0.25, 0.3) is 0 Å². The van der Waals surface area contributed by atoms with Gasteiger partial charge in [-0.1, -0.05) is 24.3 Å². The maximum absolute atomic E-state index is 10.3. The fourth-order valence-electron chi connectivity index (χ4n) is 2.47. The first-order valence-corrected chi connectivity index (χ1v) is 9.36. The predicted octanol–water partition coefficient (Wildman–Crippen LogP) is 4.08. The molecule has 0 saturated carbocycles. The Bertz CT molecular complexity index is 1060. The molecule has 4 rings (SSSR count). The van der Waals surface area contributed by atoms with Crippen molar-refractivity contribution in [3.05, 3.63) is 109 Å². The van der Waals surface area contributed by atoms with Gasteiger partial charge in [0.2, 0.25) is 0 Å². The van der Waals surface area contributed by atoms with Gasteiger partial charge in [-0.15, -0.1) is 0 Å². The minimum atomic E-state index is -0.988. The lowest BCUT2D eigenvalue weighted by atomic mass is 10.1. The summed E-state index contributed by atoms with van der Waals surface area (Å²) in [5, 5.41) is 17.0. The Kier molecular flexibility index (Phi) is 8.90. The number of aromatic carboxylic acids is 2. The fourth-order valence-corrected chi connectivity index (χ4v) is 2.47. The van der Waals surface area contributed by atoms with Crippen molar-refractivity contribution < 1.29 is 19.8 Å². The molecule has 162 valence electrons. The fraction of sp³-hybridized carbons (Fsp3) is 0. The first-order valence-electron chi connectivity index (χ1n) is 9.36. The summed E-state index contributed by atoms with van der Waals surface area (Å²) in [6, 6.07) is 20.7. The van der Waals surface area contributed by atoms with Gasteiger partial charge in [0.05, 0.1) is 11.1 Å². The summed E-state index contributed by atoms with van der Waals surface area (Å²) in [7, 11) is 0. The van der Waals surface area contributed by atoms with Crippen molar-refractivity contribution in [2.45, 2.75) is 0 Å². The van der Waals surface area contributed by atoms with Crippen molar-refractivity contribution in [1.29, 1.82) is 0 Å². The summed E-state index contributed by atoms with van der Waals surface area (Å²) in [4.78, 5) is 28.6. The Morgan fingerprint density at radius 2 is 0.875 bits per heavy atom. The molecule has 2 heterocycles. The summed E-state index contributed by atoms with van der Waals surface area (Å²) in [6.45, 7) is 0. The number of nitrogens with two attached hydrogens (primary N) is 2. The molecule has 0 aliphatic heterocycles. The number of anilines is 2. The molecule has 2 aromatic heterocycles. The van der Waals surface area contributed by atoms with E-state index in [1.54, 1.807) is 61.2 Å². The zero-order chi connectivity index (χ0) is 23.3. The molecule has 0 saturated heterocycles. The Morgan fingerprint density at radius 1 is 0.562 bits per heavy atom. The second-order valence-corrected chi connectivity index (χ2v) is 6.26. The molecule has 4 aromatic rings. The highest BCUT2D eigenvalue weighted by Gasteiger charge is 2.04. The van der Waals surface area contributed by atoms with Gasteiger partial charge in [0.1, 0.15) is 0 Å². The molecule has 0 aliphatic rings. The van der Waals surface area contributed by atoms with Crippen LogP contribution in [0.25, 0.3) is 11.1 Å². The molecular weight excluding hydrogens is 408 g/mol. The van der Waals surface area contributed by atoms with Crippen LogP contribution in [-0.2, 0) is 0 Å². The molecule has 0 aliphatic carbocycles. The molecule has 6 N–H and O–H groups in total. The number of nitrogen functional groups attached to an aromatic ring is 2. The van der Waals surface area contributed by atoms with Gasteiger partial charge < -0.3 is 21.7 Å². The minimum Gasteiger partial charge on any atom is -0.478 e. The SMILES string of the molecule is Nc1ccccc1C(=O)O.Nc1ccccc1C(=O)O.c1cc(-c2ccncc2)ccn1. The van der Waals surface area contributed by atoms with Gasteiger partial charge in [-0.3, -0.25) is 9.97 Å². The van der Waals surface area contributed by atoms with Gasteiger partial charge in [0.15, 0.2) is 0 Å². The second-order valence-electron chi connectivity index (χ2n) is 6.26. The molecular formula is C24H22N4O4. The number of nitrogens with zero attached hydrogens (tertiary/aromatic N) is 2. The number of hydrogen-bond donors (Lipinski definition) is 4. The van der Waals surface area contributed by atoms with E-state index in [9.17, 15) is 9.59 Å². The van der Waals surface area contributed by atoms with Crippen LogP contribution in [0, 0.1) is 0 Å². The van der Waals surface area contributed by atoms with E-state index in [1.807, 2.05) is 24.3 Å². The summed E-state index contributed by atoms with van der Waals surface area (Å²) < 4.78 is 0. The minimum absolute atomic E-state index is 0.155. The maximum atomic E-state index is 10.3. The number of carbonyl (C=O) groups is 2. The van der Waals surface area contributed by atoms with Gasteiger partial charge in [-0.25, -0.2) is 9.59 Å². The molecule has 0 spiro atoms. The Hall–Kier alpha value is -4.72. The van der Waals surface area contributed by atoms with E-state index in [4.69, 9.17) is 21.7 Å². The van der Waals surface area contributed by atoms with Crippen LogP contribution < -0.4 is 11.5 Å². The lowest BCUT2D eigenvalue weighted by Crippen LogP contribution is -2.00. The van der Waals surface area contributed by atoms with Gasteiger partial charge >= 0.3 is 11.9 Å². The third-order valence-corrected chi connectivity index (χ3v) is 4.08. The van der Waals surface area contributed by atoms with Gasteiger partial charge in [-0.2, -0.15) is 0 Å². The highest BCUT2D eigenvalue weighted by molar-refractivity contribution is 5.93. The topological polar surface area (TPSA) is 152 Å². The first kappa shape index (κ1) is 23.6. The van der Waals surface area contributed by atoms with Crippen molar-refractivity contribution >= 4 is 23.3 Å². The number of aromatic nitrogens is 2. The van der Waals surface area contributed by atoms with E-state index in [0.717, 1.165) is 0 Å². The normalized spacial score (nSPS) is 9.38. The van der Waals surface area contributed by atoms with Crippen LogP contribution in [-0.4, -0.2) is 32.1 Å². The predicted molar refractivity (Wildman–Crippen MR) is 123 cm³/mol. The van der Waals surface area contributed by atoms with Crippen LogP contribution in [0.4, 0.5) is 11.4 Å².